The highest BCUT2D eigenvalue weighted by Crippen LogP contribution is 2.18. The lowest BCUT2D eigenvalue weighted by molar-refractivity contribution is 0.580. The zero-order chi connectivity index (χ0) is 14.6. The molecule has 0 aliphatic carbocycles. The molecule has 4 N–H and O–H groups in total. The molecular formula is C11H14N6O2S. The summed E-state index contributed by atoms with van der Waals surface area (Å²) in [4.78, 5) is 11.8. The van der Waals surface area contributed by atoms with Crippen LogP contribution in [0.4, 0.5) is 5.69 Å². The largest absolute Gasteiger partial charge is 0.323 e. The van der Waals surface area contributed by atoms with Crippen molar-refractivity contribution < 1.29 is 8.42 Å². The highest BCUT2D eigenvalue weighted by molar-refractivity contribution is 7.89. The summed E-state index contributed by atoms with van der Waals surface area (Å²) in [5.41, 5.74) is 3.17. The third-order valence-corrected chi connectivity index (χ3v) is 3.94. The molecule has 0 aliphatic heterocycles. The van der Waals surface area contributed by atoms with Crippen LogP contribution < -0.4 is 16.0 Å². The maximum atomic E-state index is 12.2. The van der Waals surface area contributed by atoms with E-state index >= 15 is 0 Å². The van der Waals surface area contributed by atoms with Gasteiger partial charge in [-0.2, -0.15) is 0 Å². The fourth-order valence-electron chi connectivity index (χ4n) is 1.56. The van der Waals surface area contributed by atoms with E-state index in [2.05, 4.69) is 25.1 Å². The van der Waals surface area contributed by atoms with Crippen molar-refractivity contribution >= 4 is 15.7 Å². The Bertz CT molecular complexity index is 704. The quantitative estimate of drug-likeness (QED) is 0.521. The van der Waals surface area contributed by atoms with Crippen molar-refractivity contribution in [3.05, 3.63) is 42.2 Å². The lowest BCUT2D eigenvalue weighted by Gasteiger charge is -2.10. The molecule has 9 heteroatoms. The maximum Gasteiger partial charge on any atom is 0.244 e. The average Bonchev–Trinajstić information content (AvgIpc) is 2.45. The number of nitrogens with zero attached hydrogens (tertiary/aromatic N) is 3. The maximum absolute atomic E-state index is 12.2. The van der Waals surface area contributed by atoms with Crippen LogP contribution in [-0.2, 0) is 16.6 Å². The minimum absolute atomic E-state index is 0.0201. The van der Waals surface area contributed by atoms with Crippen molar-refractivity contribution in [1.29, 1.82) is 0 Å². The number of nitrogens with two attached hydrogens (primary N) is 1. The molecule has 0 spiro atoms. The van der Waals surface area contributed by atoms with Gasteiger partial charge in [-0.15, -0.1) is 0 Å². The Balaban J connectivity index is 2.19. The SMILES string of the molecule is Cc1nccc(CNS(=O)(=O)c2cnccc2NN)n1. The van der Waals surface area contributed by atoms with E-state index < -0.39 is 10.0 Å². The number of rotatable bonds is 5. The van der Waals surface area contributed by atoms with E-state index in [0.29, 0.717) is 11.5 Å². The van der Waals surface area contributed by atoms with E-state index in [1.54, 1.807) is 19.2 Å². The van der Waals surface area contributed by atoms with Gasteiger partial charge in [-0.05, 0) is 19.1 Å². The molecule has 2 rings (SSSR count). The number of aromatic nitrogens is 3. The molecule has 2 heterocycles. The molecule has 8 nitrogen and oxygen atoms in total. The van der Waals surface area contributed by atoms with Crippen LogP contribution in [0.25, 0.3) is 0 Å². The molecule has 0 aliphatic rings. The Labute approximate surface area is 116 Å². The van der Waals surface area contributed by atoms with E-state index in [-0.39, 0.29) is 17.1 Å². The van der Waals surface area contributed by atoms with Crippen LogP contribution >= 0.6 is 0 Å². The van der Waals surface area contributed by atoms with Gasteiger partial charge in [-0.25, -0.2) is 23.1 Å². The van der Waals surface area contributed by atoms with Crippen molar-refractivity contribution in [3.8, 4) is 0 Å². The van der Waals surface area contributed by atoms with Gasteiger partial charge in [-0.3, -0.25) is 10.8 Å². The van der Waals surface area contributed by atoms with E-state index in [0.717, 1.165) is 0 Å². The van der Waals surface area contributed by atoms with Gasteiger partial charge in [0.15, 0.2) is 0 Å². The number of hydrogen-bond donors (Lipinski definition) is 3. The van der Waals surface area contributed by atoms with Crippen LogP contribution in [0.15, 0.2) is 35.6 Å². The van der Waals surface area contributed by atoms with Crippen molar-refractivity contribution in [3.63, 3.8) is 0 Å². The highest BCUT2D eigenvalue weighted by atomic mass is 32.2. The number of nitrogen functional groups attached to an aromatic ring is 1. The molecule has 0 radical (unpaired) electrons. The number of anilines is 1. The van der Waals surface area contributed by atoms with Crippen molar-refractivity contribution in [1.82, 2.24) is 19.7 Å². The van der Waals surface area contributed by atoms with Gasteiger partial charge in [0.1, 0.15) is 10.7 Å². The Morgan fingerprint density at radius 1 is 1.30 bits per heavy atom. The smallest absolute Gasteiger partial charge is 0.244 e. The van der Waals surface area contributed by atoms with Crippen LogP contribution in [0, 0.1) is 6.92 Å². The summed E-state index contributed by atoms with van der Waals surface area (Å²) in [6.45, 7) is 1.79. The topological polar surface area (TPSA) is 123 Å². The second kappa shape index (κ2) is 5.90. The fraction of sp³-hybridized carbons (Fsp3) is 0.182. The summed E-state index contributed by atoms with van der Waals surface area (Å²) in [6, 6.07) is 3.12. The molecular weight excluding hydrogens is 280 g/mol. The van der Waals surface area contributed by atoms with Gasteiger partial charge >= 0.3 is 0 Å². The predicted octanol–water partition coefficient (Wildman–Crippen LogP) is -0.0559. The summed E-state index contributed by atoms with van der Waals surface area (Å²) in [6.07, 6.45) is 4.24. The van der Waals surface area contributed by atoms with E-state index in [1.807, 2.05) is 0 Å². The molecule has 0 amide bonds. The van der Waals surface area contributed by atoms with E-state index in [4.69, 9.17) is 5.84 Å². The third kappa shape index (κ3) is 3.26. The summed E-state index contributed by atoms with van der Waals surface area (Å²) in [5, 5.41) is 0. The molecule has 0 saturated carbocycles. The number of sulfonamides is 1. The summed E-state index contributed by atoms with van der Waals surface area (Å²) < 4.78 is 26.8. The number of nitrogens with one attached hydrogen (secondary N) is 2. The molecule has 20 heavy (non-hydrogen) atoms. The first kappa shape index (κ1) is 14.3. The van der Waals surface area contributed by atoms with Gasteiger partial charge < -0.3 is 5.43 Å². The van der Waals surface area contributed by atoms with Crippen LogP contribution in [0.5, 0.6) is 0 Å². The highest BCUT2D eigenvalue weighted by Gasteiger charge is 2.18. The van der Waals surface area contributed by atoms with Gasteiger partial charge in [0.25, 0.3) is 0 Å². The Hall–Kier alpha value is -2.10. The summed E-state index contributed by atoms with van der Waals surface area (Å²) in [7, 11) is -3.73. The molecule has 0 bridgehead atoms. The summed E-state index contributed by atoms with van der Waals surface area (Å²) in [5.74, 6) is 5.86. The Kier molecular flexibility index (Phi) is 4.23. The molecule has 2 aromatic heterocycles. The van der Waals surface area contributed by atoms with Gasteiger partial charge in [0, 0.05) is 18.6 Å². The van der Waals surface area contributed by atoms with Crippen LogP contribution in [0.1, 0.15) is 11.5 Å². The van der Waals surface area contributed by atoms with Crippen LogP contribution in [-0.4, -0.2) is 23.4 Å². The van der Waals surface area contributed by atoms with Gasteiger partial charge in [0.05, 0.1) is 17.9 Å². The third-order valence-electron chi connectivity index (χ3n) is 2.51. The van der Waals surface area contributed by atoms with Gasteiger partial charge in [-0.1, -0.05) is 0 Å². The minimum atomic E-state index is -3.73. The molecule has 106 valence electrons. The first-order chi connectivity index (χ1) is 9.53. The van der Waals surface area contributed by atoms with Crippen molar-refractivity contribution in [2.24, 2.45) is 5.84 Å². The van der Waals surface area contributed by atoms with Crippen molar-refractivity contribution in [2.75, 3.05) is 5.43 Å². The lowest BCUT2D eigenvalue weighted by atomic mass is 10.4. The Morgan fingerprint density at radius 2 is 2.10 bits per heavy atom. The van der Waals surface area contributed by atoms with Crippen molar-refractivity contribution in [2.45, 2.75) is 18.4 Å². The second-order valence-electron chi connectivity index (χ2n) is 3.94. The van der Waals surface area contributed by atoms with Gasteiger partial charge in [0.2, 0.25) is 10.0 Å². The zero-order valence-electron chi connectivity index (χ0n) is 10.7. The monoisotopic (exact) mass is 294 g/mol. The standard InChI is InChI=1S/C11H14N6O2S/c1-8-14-5-2-9(16-8)6-15-20(18,19)11-7-13-4-3-10(11)17-12/h2-5,7,15H,6,12H2,1H3,(H,13,17). The molecule has 2 aromatic rings. The lowest BCUT2D eigenvalue weighted by Crippen LogP contribution is -2.25. The minimum Gasteiger partial charge on any atom is -0.323 e. The van der Waals surface area contributed by atoms with Crippen LogP contribution in [0.3, 0.4) is 0 Å². The Morgan fingerprint density at radius 3 is 2.80 bits per heavy atom. The molecule has 0 fully saturated rings. The normalized spacial score (nSPS) is 11.3. The first-order valence-electron chi connectivity index (χ1n) is 5.72. The zero-order valence-corrected chi connectivity index (χ0v) is 11.6. The van der Waals surface area contributed by atoms with Crippen LogP contribution in [0.2, 0.25) is 0 Å². The van der Waals surface area contributed by atoms with E-state index in [1.165, 1.54) is 18.5 Å². The van der Waals surface area contributed by atoms with E-state index in [9.17, 15) is 8.42 Å². The number of hydrazine groups is 1. The molecule has 0 atom stereocenters. The fourth-order valence-corrected chi connectivity index (χ4v) is 2.67. The number of hydrogen-bond acceptors (Lipinski definition) is 7. The number of pyridine rings is 1. The molecule has 0 unspecified atom stereocenters. The first-order valence-corrected chi connectivity index (χ1v) is 7.20. The summed E-state index contributed by atoms with van der Waals surface area (Å²) >= 11 is 0. The molecule has 0 aromatic carbocycles. The second-order valence-corrected chi connectivity index (χ2v) is 5.67. The average molecular weight is 294 g/mol. The molecule has 0 saturated heterocycles. The predicted molar refractivity (Wildman–Crippen MR) is 72.8 cm³/mol. The number of aryl methyl sites for hydroxylation is 1.